The Morgan fingerprint density at radius 3 is 2.73 bits per heavy atom. The highest BCUT2D eigenvalue weighted by atomic mass is 35.5. The van der Waals surface area contributed by atoms with Crippen LogP contribution in [0.1, 0.15) is 5.56 Å². The van der Waals surface area contributed by atoms with E-state index in [1.54, 1.807) is 42.5 Å². The molecule has 1 amide bonds. The fourth-order valence-electron chi connectivity index (χ4n) is 2.74. The number of nitrogens with one attached hydrogen (secondary N) is 1. The third-order valence-corrected chi connectivity index (χ3v) is 4.98. The van der Waals surface area contributed by atoms with Crippen LogP contribution < -0.4 is 15.7 Å². The molecule has 4 rings (SSSR count). The molecule has 2 aromatic carbocycles. The van der Waals surface area contributed by atoms with E-state index in [1.165, 1.54) is 16.8 Å². The molecule has 152 valence electrons. The van der Waals surface area contributed by atoms with Gasteiger partial charge in [0.05, 0.1) is 5.02 Å². The van der Waals surface area contributed by atoms with E-state index >= 15 is 0 Å². The number of halogens is 2. The molecule has 4 aromatic rings. The Morgan fingerprint density at radius 2 is 1.97 bits per heavy atom. The summed E-state index contributed by atoms with van der Waals surface area (Å²) in [6.07, 6.45) is 2.85. The Morgan fingerprint density at radius 1 is 1.17 bits per heavy atom. The van der Waals surface area contributed by atoms with E-state index < -0.39 is 11.6 Å². The number of aryl methyl sites for hydroxylation is 1. The van der Waals surface area contributed by atoms with Gasteiger partial charge in [0.1, 0.15) is 12.3 Å². The Kier molecular flexibility index (Phi) is 5.43. The van der Waals surface area contributed by atoms with Crippen LogP contribution in [-0.4, -0.2) is 25.1 Å². The molecule has 10 heteroatoms. The first-order valence-electron chi connectivity index (χ1n) is 8.85. The van der Waals surface area contributed by atoms with Crippen LogP contribution in [0.15, 0.2) is 59.7 Å². The van der Waals surface area contributed by atoms with Gasteiger partial charge in [-0.05, 0) is 36.8 Å². The molecule has 1 N–H and O–H groups in total. The maximum Gasteiger partial charge on any atom is 0.351 e. The van der Waals surface area contributed by atoms with Gasteiger partial charge >= 0.3 is 5.69 Å². The molecule has 0 aliphatic carbocycles. The van der Waals surface area contributed by atoms with Gasteiger partial charge in [-0.2, -0.15) is 0 Å². The van der Waals surface area contributed by atoms with Gasteiger partial charge in [0.25, 0.3) is 5.88 Å². The third kappa shape index (κ3) is 4.00. The second-order valence-electron chi connectivity index (χ2n) is 6.41. The number of anilines is 1. The Bertz CT molecular complexity index is 1320. The van der Waals surface area contributed by atoms with Crippen LogP contribution in [0.4, 0.5) is 5.69 Å². The number of para-hydroxylation sites is 1. The molecule has 2 aromatic heterocycles. The zero-order valence-electron chi connectivity index (χ0n) is 15.7. The summed E-state index contributed by atoms with van der Waals surface area (Å²) in [6.45, 7) is 1.57. The van der Waals surface area contributed by atoms with Crippen molar-refractivity contribution in [1.29, 1.82) is 0 Å². The predicted octanol–water partition coefficient (Wildman–Crippen LogP) is 3.94. The number of ether oxygens (including phenoxy) is 1. The fourth-order valence-corrected chi connectivity index (χ4v) is 3.09. The van der Waals surface area contributed by atoms with Crippen LogP contribution in [-0.2, 0) is 11.3 Å². The monoisotopic (exact) mass is 443 g/mol. The molecule has 0 unspecified atom stereocenters. The highest BCUT2D eigenvalue weighted by molar-refractivity contribution is 6.32. The molecule has 0 radical (unpaired) electrons. The molecule has 0 bridgehead atoms. The van der Waals surface area contributed by atoms with Gasteiger partial charge < -0.3 is 10.1 Å². The smallest absolute Gasteiger partial charge is 0.351 e. The van der Waals surface area contributed by atoms with Gasteiger partial charge in [-0.25, -0.2) is 18.9 Å². The van der Waals surface area contributed by atoms with Gasteiger partial charge in [0.2, 0.25) is 11.6 Å². The molecule has 2 heterocycles. The maximum absolute atomic E-state index is 12.6. The molecular weight excluding hydrogens is 429 g/mol. The minimum Gasteiger partial charge on any atom is -0.434 e. The first-order chi connectivity index (χ1) is 14.4. The van der Waals surface area contributed by atoms with Gasteiger partial charge in [-0.3, -0.25) is 4.79 Å². The second-order valence-corrected chi connectivity index (χ2v) is 7.23. The average molecular weight is 444 g/mol. The van der Waals surface area contributed by atoms with Crippen molar-refractivity contribution in [1.82, 2.24) is 19.2 Å². The summed E-state index contributed by atoms with van der Waals surface area (Å²) in [5.74, 6) is 0.0323. The summed E-state index contributed by atoms with van der Waals surface area (Å²) in [5.41, 5.74) is 1.07. The first kappa shape index (κ1) is 19.9. The van der Waals surface area contributed by atoms with Gasteiger partial charge in [0, 0.05) is 23.1 Å². The molecule has 0 atom stereocenters. The number of carbonyl (C=O) groups is 1. The number of rotatable bonds is 5. The summed E-state index contributed by atoms with van der Waals surface area (Å²) in [6, 6.07) is 12.0. The van der Waals surface area contributed by atoms with Crippen molar-refractivity contribution in [3.63, 3.8) is 0 Å². The number of amides is 1. The SMILES string of the molecule is Cc1ccc(NC(=O)Cn2nc3c(Oc4ccccc4Cl)nccn3c2=O)cc1Cl. The van der Waals surface area contributed by atoms with Crippen molar-refractivity contribution in [3.05, 3.63) is 81.0 Å². The van der Waals surface area contributed by atoms with Crippen molar-refractivity contribution in [2.75, 3.05) is 5.32 Å². The van der Waals surface area contributed by atoms with Crippen LogP contribution in [0.3, 0.4) is 0 Å². The highest BCUT2D eigenvalue weighted by Crippen LogP contribution is 2.29. The van der Waals surface area contributed by atoms with E-state index in [0.29, 0.717) is 21.5 Å². The summed E-state index contributed by atoms with van der Waals surface area (Å²) < 4.78 is 8.00. The minimum absolute atomic E-state index is 0.0900. The Hall–Kier alpha value is -3.36. The number of benzene rings is 2. The van der Waals surface area contributed by atoms with Crippen LogP contribution in [0.2, 0.25) is 10.0 Å². The molecule has 0 aliphatic heterocycles. The van der Waals surface area contributed by atoms with Crippen LogP contribution >= 0.6 is 23.2 Å². The van der Waals surface area contributed by atoms with Gasteiger partial charge in [-0.1, -0.05) is 41.4 Å². The van der Waals surface area contributed by atoms with Crippen LogP contribution in [0.25, 0.3) is 5.65 Å². The fraction of sp³-hybridized carbons (Fsp3) is 0.100. The van der Waals surface area contributed by atoms with Crippen molar-refractivity contribution in [2.45, 2.75) is 13.5 Å². The molecule has 0 spiro atoms. The normalized spacial score (nSPS) is 10.9. The van der Waals surface area contributed by atoms with Crippen molar-refractivity contribution < 1.29 is 9.53 Å². The number of hydrogen-bond acceptors (Lipinski definition) is 5. The molecule has 30 heavy (non-hydrogen) atoms. The zero-order valence-corrected chi connectivity index (χ0v) is 17.2. The van der Waals surface area contributed by atoms with Gasteiger partial charge in [-0.15, -0.1) is 5.10 Å². The van der Waals surface area contributed by atoms with Crippen LogP contribution in [0.5, 0.6) is 11.6 Å². The van der Waals surface area contributed by atoms with Gasteiger partial charge in [0.15, 0.2) is 0 Å². The number of nitrogens with zero attached hydrogens (tertiary/aromatic N) is 4. The largest absolute Gasteiger partial charge is 0.434 e. The number of carbonyl (C=O) groups excluding carboxylic acids is 1. The second kappa shape index (κ2) is 8.17. The lowest BCUT2D eigenvalue weighted by Gasteiger charge is -2.06. The van der Waals surface area contributed by atoms with Crippen molar-refractivity contribution in [3.8, 4) is 11.6 Å². The molecular formula is C20H15Cl2N5O3. The van der Waals surface area contributed by atoms with E-state index in [4.69, 9.17) is 27.9 Å². The number of fused-ring (bicyclic) bond motifs is 1. The lowest BCUT2D eigenvalue weighted by Crippen LogP contribution is -2.28. The summed E-state index contributed by atoms with van der Waals surface area (Å²) in [7, 11) is 0. The minimum atomic E-state index is -0.506. The van der Waals surface area contributed by atoms with E-state index in [-0.39, 0.29) is 18.1 Å². The summed E-state index contributed by atoms with van der Waals surface area (Å²) >= 11 is 12.2. The average Bonchev–Trinajstić information content (AvgIpc) is 3.03. The Labute approximate surface area is 180 Å². The lowest BCUT2D eigenvalue weighted by molar-refractivity contribution is -0.117. The Balaban J connectivity index is 1.60. The number of hydrogen-bond donors (Lipinski definition) is 1. The molecule has 0 saturated heterocycles. The van der Waals surface area contributed by atoms with E-state index in [1.807, 2.05) is 6.92 Å². The van der Waals surface area contributed by atoms with E-state index in [2.05, 4.69) is 15.4 Å². The predicted molar refractivity (Wildman–Crippen MR) is 114 cm³/mol. The summed E-state index contributed by atoms with van der Waals surface area (Å²) in [4.78, 5) is 29.2. The zero-order chi connectivity index (χ0) is 21.3. The van der Waals surface area contributed by atoms with E-state index in [9.17, 15) is 9.59 Å². The first-order valence-corrected chi connectivity index (χ1v) is 9.60. The van der Waals surface area contributed by atoms with Crippen molar-refractivity contribution in [2.24, 2.45) is 0 Å². The topological polar surface area (TPSA) is 90.5 Å². The molecule has 8 nitrogen and oxygen atoms in total. The molecule has 0 fully saturated rings. The van der Waals surface area contributed by atoms with Crippen molar-refractivity contribution >= 4 is 40.4 Å². The quantitative estimate of drug-likeness (QED) is 0.504. The maximum atomic E-state index is 12.6. The molecule has 0 aliphatic rings. The number of aromatic nitrogens is 4. The van der Waals surface area contributed by atoms with E-state index in [0.717, 1.165) is 10.2 Å². The third-order valence-electron chi connectivity index (χ3n) is 4.26. The lowest BCUT2D eigenvalue weighted by atomic mass is 10.2. The molecule has 0 saturated carbocycles. The standard InChI is InChI=1S/C20H15Cl2N5O3/c1-12-6-7-13(10-15(12)22)24-17(28)11-27-20(29)26-9-8-23-19(18(26)25-27)30-16-5-3-2-4-14(16)21/h2-10H,11H2,1H3,(H,24,28). The summed E-state index contributed by atoms with van der Waals surface area (Å²) in [5, 5.41) is 7.82. The highest BCUT2D eigenvalue weighted by Gasteiger charge is 2.16. The van der Waals surface area contributed by atoms with Crippen LogP contribution in [0, 0.1) is 6.92 Å².